The largest absolute Gasteiger partial charge is 0.508 e. The van der Waals surface area contributed by atoms with Gasteiger partial charge in [-0.05, 0) is 103 Å². The van der Waals surface area contributed by atoms with E-state index in [1.807, 2.05) is 119 Å². The first-order valence-corrected chi connectivity index (χ1v) is 32.8. The third-order valence-corrected chi connectivity index (χ3v) is 20.5. The molecule has 6 saturated heterocycles. The molecular formula is C73H83N3O19. The number of nitrogens with zero attached hydrogens (tertiary/aromatic N) is 3. The Kier molecular flexibility index (Phi) is 17.9. The minimum Gasteiger partial charge on any atom is -0.508 e. The maximum atomic E-state index is 14.3. The topological polar surface area (TPSA) is 276 Å². The van der Waals surface area contributed by atoms with Crippen molar-refractivity contribution in [2.75, 3.05) is 77.5 Å². The molecular weight excluding hydrogens is 1220 g/mol. The van der Waals surface area contributed by atoms with Crippen molar-refractivity contribution in [3.63, 3.8) is 0 Å². The number of aliphatic hydroxyl groups excluding tert-OH is 3. The quantitative estimate of drug-likeness (QED) is 0.0354. The third-order valence-electron chi connectivity index (χ3n) is 20.5. The number of fused-ring (bicyclic) bond motifs is 15. The van der Waals surface area contributed by atoms with Gasteiger partial charge in [0.15, 0.2) is 0 Å². The first kappa shape index (κ1) is 66.0. The van der Waals surface area contributed by atoms with E-state index < -0.39 is 106 Å². The number of hydrogen-bond donors (Lipinski definition) is 4. The number of benzene rings is 4. The summed E-state index contributed by atoms with van der Waals surface area (Å²) in [5, 5.41) is 42.1. The SMILES string of the molecule is Cc1ccc(OCC(O)COCC23C=CC(O2)C2C(=O)N(CCC(C)CC(C)(C)CN4C(=O)C5C6C=CC(COCC(O)COc7ccc(C(C)(C)c8ccc(OCC(O)COCC9%10C=CC(O9)C9C(=O)N(c%11ccc(O)cc%11)C(=O)C9%10)cc8)cc7)(O6)C5C4=O)C(=O)C23)cc1. The fraction of sp³-hybridized carbons (Fsp3) is 0.507. The second kappa shape index (κ2) is 25.7. The number of hydrogen-bond acceptors (Lipinski definition) is 19. The van der Waals surface area contributed by atoms with Crippen molar-refractivity contribution in [1.29, 1.82) is 0 Å². The highest BCUT2D eigenvalue weighted by atomic mass is 16.6. The lowest BCUT2D eigenvalue weighted by atomic mass is 9.77. The van der Waals surface area contributed by atoms with E-state index in [0.717, 1.165) is 21.6 Å². The van der Waals surface area contributed by atoms with Gasteiger partial charge in [-0.15, -0.1) is 0 Å². The van der Waals surface area contributed by atoms with Crippen LogP contribution in [0.3, 0.4) is 0 Å². The summed E-state index contributed by atoms with van der Waals surface area (Å²) in [6.45, 7) is 12.1. The molecule has 4 aromatic carbocycles. The molecule has 22 heteroatoms. The van der Waals surface area contributed by atoms with Gasteiger partial charge in [0.2, 0.25) is 35.4 Å². The lowest BCUT2D eigenvalue weighted by molar-refractivity contribution is -0.149. The van der Waals surface area contributed by atoms with Crippen LogP contribution in [0.25, 0.3) is 0 Å². The Hall–Kier alpha value is -7.64. The van der Waals surface area contributed by atoms with Crippen molar-refractivity contribution in [3.8, 4) is 23.0 Å². The Labute approximate surface area is 551 Å². The molecule has 16 unspecified atom stereocenters. The molecule has 9 aliphatic heterocycles. The predicted molar refractivity (Wildman–Crippen MR) is 341 cm³/mol. The van der Waals surface area contributed by atoms with Crippen LogP contribution >= 0.6 is 0 Å². The van der Waals surface area contributed by atoms with Crippen molar-refractivity contribution in [1.82, 2.24) is 9.80 Å². The molecule has 4 aromatic rings. The van der Waals surface area contributed by atoms with Gasteiger partial charge in [-0.3, -0.25) is 38.6 Å². The summed E-state index contributed by atoms with van der Waals surface area (Å²) < 4.78 is 54.2. The van der Waals surface area contributed by atoms with Crippen molar-refractivity contribution in [2.45, 2.75) is 113 Å². The normalized spacial score (nSPS) is 30.3. The Bertz CT molecular complexity index is 3670. The Balaban J connectivity index is 0.521. The molecule has 16 atom stereocenters. The number of phenols is 1. The van der Waals surface area contributed by atoms with Crippen LogP contribution in [-0.4, -0.2) is 192 Å². The number of imide groups is 3. The predicted octanol–water partition coefficient (Wildman–Crippen LogP) is 5.57. The molecule has 95 heavy (non-hydrogen) atoms. The summed E-state index contributed by atoms with van der Waals surface area (Å²) in [4.78, 5) is 87.2. The Morgan fingerprint density at radius 3 is 1.33 bits per heavy atom. The fourth-order valence-corrected chi connectivity index (χ4v) is 15.8. The number of aromatic hydroxyl groups is 1. The number of carbonyl (C=O) groups excluding carboxylic acids is 6. The number of aryl methyl sites for hydroxylation is 1. The van der Waals surface area contributed by atoms with Crippen molar-refractivity contribution < 1.29 is 91.8 Å². The van der Waals surface area contributed by atoms with Crippen molar-refractivity contribution in [3.05, 3.63) is 150 Å². The average Bonchev–Trinajstić information content (AvgIpc) is 1.56. The maximum absolute atomic E-state index is 14.3. The van der Waals surface area contributed by atoms with E-state index in [4.69, 9.17) is 42.6 Å². The van der Waals surface area contributed by atoms with Gasteiger partial charge in [-0.1, -0.05) is 113 Å². The summed E-state index contributed by atoms with van der Waals surface area (Å²) in [5.41, 5.74) is -0.932. The number of anilines is 1. The zero-order valence-corrected chi connectivity index (χ0v) is 54.2. The second-order valence-corrected chi connectivity index (χ2v) is 28.5. The van der Waals surface area contributed by atoms with Crippen molar-refractivity contribution in [2.24, 2.45) is 46.8 Å². The first-order chi connectivity index (χ1) is 45.4. The minimum absolute atomic E-state index is 0.00852. The van der Waals surface area contributed by atoms with E-state index in [2.05, 4.69) is 13.8 Å². The van der Waals surface area contributed by atoms with Gasteiger partial charge in [0.05, 0.1) is 99.1 Å². The molecule has 6 amide bonds. The molecule has 0 saturated carbocycles. The summed E-state index contributed by atoms with van der Waals surface area (Å²) in [5.74, 6) is -4.59. The van der Waals surface area contributed by atoms with Crippen LogP contribution < -0.4 is 19.1 Å². The van der Waals surface area contributed by atoms with E-state index in [-0.39, 0.29) is 114 Å². The number of ether oxygens (including phenoxy) is 9. The van der Waals surface area contributed by atoms with Gasteiger partial charge in [0.1, 0.15) is 77.9 Å². The van der Waals surface area contributed by atoms with Gasteiger partial charge in [0, 0.05) is 18.5 Å². The van der Waals surface area contributed by atoms with Crippen LogP contribution in [0.4, 0.5) is 5.69 Å². The molecule has 0 aromatic heterocycles. The van der Waals surface area contributed by atoms with Crippen LogP contribution in [0.2, 0.25) is 0 Å². The van der Waals surface area contributed by atoms with Gasteiger partial charge in [-0.25, -0.2) is 4.90 Å². The zero-order valence-electron chi connectivity index (χ0n) is 54.2. The van der Waals surface area contributed by atoms with E-state index in [1.165, 1.54) is 34.1 Å². The van der Waals surface area contributed by atoms with E-state index in [9.17, 15) is 49.2 Å². The molecule has 0 spiro atoms. The highest BCUT2D eigenvalue weighted by molar-refractivity contribution is 6.23. The van der Waals surface area contributed by atoms with Crippen LogP contribution in [0.5, 0.6) is 23.0 Å². The Morgan fingerprint density at radius 2 is 0.884 bits per heavy atom. The fourth-order valence-electron chi connectivity index (χ4n) is 15.8. The summed E-state index contributed by atoms with van der Waals surface area (Å²) in [6, 6.07) is 28.5. The molecule has 6 bridgehead atoms. The van der Waals surface area contributed by atoms with Gasteiger partial charge in [-0.2, -0.15) is 0 Å². The van der Waals surface area contributed by atoms with Gasteiger partial charge in [0.25, 0.3) is 0 Å². The van der Waals surface area contributed by atoms with E-state index >= 15 is 0 Å². The standard InChI is InChI=1S/C73H83N3O19/c1-42-7-17-51(18-8-42)90-35-48(78)32-87-39-71-27-23-54(93-71)57-60(71)66(84)74(63(57)81)30-26-43(2)31-69(3,4)38-75-64(82)58-55-24-28-72(94-55,61(58)67(75)85)40-88-33-49(79)36-91-52-19-9-44(10-20-52)70(5,6)45-11-21-53(22-12-45)92-37-50(80)34-89-41-73-29-25-56(95-73)59-62(73)68(86)76(65(59)83)46-13-15-47(77)16-14-46/h7-25,27-29,43,48-50,54-62,77-80H,26,30-41H2,1-6H3. The zero-order chi connectivity index (χ0) is 66.9. The number of rotatable bonds is 31. The molecule has 6 fully saturated rings. The number of phenolic OH excluding ortho intramolecular Hbond substituents is 1. The number of likely N-dealkylation sites (tertiary alicyclic amines) is 2. The number of aliphatic hydroxyl groups is 3. The number of amides is 6. The Morgan fingerprint density at radius 1 is 0.495 bits per heavy atom. The summed E-state index contributed by atoms with van der Waals surface area (Å²) >= 11 is 0. The molecule has 9 aliphatic rings. The molecule has 4 N–H and O–H groups in total. The highest BCUT2D eigenvalue weighted by Crippen LogP contribution is 2.55. The van der Waals surface area contributed by atoms with Gasteiger partial charge < -0.3 is 63.1 Å². The summed E-state index contributed by atoms with van der Waals surface area (Å²) in [6.07, 6.45) is 7.24. The molecule has 13 rings (SSSR count). The van der Waals surface area contributed by atoms with E-state index in [1.54, 1.807) is 18.2 Å². The van der Waals surface area contributed by atoms with E-state index in [0.29, 0.717) is 35.8 Å². The molecule has 0 aliphatic carbocycles. The third kappa shape index (κ3) is 12.4. The van der Waals surface area contributed by atoms with Crippen LogP contribution in [0.15, 0.2) is 134 Å². The average molecular weight is 1310 g/mol. The molecule has 504 valence electrons. The molecule has 9 heterocycles. The summed E-state index contributed by atoms with van der Waals surface area (Å²) in [7, 11) is 0. The van der Waals surface area contributed by atoms with Crippen LogP contribution in [0.1, 0.15) is 64.2 Å². The number of carbonyl (C=O) groups is 6. The monoisotopic (exact) mass is 1310 g/mol. The van der Waals surface area contributed by atoms with Crippen LogP contribution in [0, 0.1) is 53.8 Å². The lowest BCUT2D eigenvalue weighted by Crippen LogP contribution is -2.46. The van der Waals surface area contributed by atoms with Crippen LogP contribution in [-0.2, 0) is 62.6 Å². The molecule has 0 radical (unpaired) electrons. The van der Waals surface area contributed by atoms with Crippen molar-refractivity contribution >= 4 is 41.1 Å². The second-order valence-electron chi connectivity index (χ2n) is 28.5. The first-order valence-electron chi connectivity index (χ1n) is 32.8. The molecule has 22 nitrogen and oxygen atoms in total. The highest BCUT2D eigenvalue weighted by Gasteiger charge is 2.70. The minimum atomic E-state index is -1.18. The van der Waals surface area contributed by atoms with Gasteiger partial charge >= 0.3 is 0 Å². The maximum Gasteiger partial charge on any atom is 0.241 e. The smallest absolute Gasteiger partial charge is 0.241 e. The lowest BCUT2D eigenvalue weighted by Gasteiger charge is -2.34.